The van der Waals surface area contributed by atoms with Crippen molar-refractivity contribution in [3.63, 3.8) is 0 Å². The molecule has 254 valence electrons. The van der Waals surface area contributed by atoms with E-state index in [-0.39, 0.29) is 45.5 Å². The number of nitrogens with one attached hydrogen (secondary N) is 1. The minimum Gasteiger partial charge on any atom is -0.465 e. The number of fused-ring (bicyclic) bond motifs is 3. The number of rotatable bonds is 3. The van der Waals surface area contributed by atoms with Crippen LogP contribution in [0.4, 0.5) is 31.2 Å². The zero-order valence-electron chi connectivity index (χ0n) is 28.6. The van der Waals surface area contributed by atoms with Gasteiger partial charge in [0.15, 0.2) is 5.82 Å². The van der Waals surface area contributed by atoms with Gasteiger partial charge in [-0.15, -0.1) is 0 Å². The molecule has 0 fully saturated rings. The summed E-state index contributed by atoms with van der Waals surface area (Å²) in [5, 5.41) is 13.6. The van der Waals surface area contributed by atoms with E-state index < -0.39 is 40.8 Å². The average Bonchev–Trinajstić information content (AvgIpc) is 3.25. The molecular weight excluding hydrogens is 629 g/mol. The molecule has 12 heteroatoms. The lowest BCUT2D eigenvalue weighted by Gasteiger charge is -2.46. The molecule has 6 rings (SSSR count). The zero-order chi connectivity index (χ0) is 35.7. The van der Waals surface area contributed by atoms with Gasteiger partial charge in [-0.1, -0.05) is 39.8 Å². The minimum absolute atomic E-state index is 0.0128. The van der Waals surface area contributed by atoms with Gasteiger partial charge in [0.1, 0.15) is 11.4 Å². The Bertz CT molecular complexity index is 2050. The number of hydrogen-bond acceptors (Lipinski definition) is 7. The highest BCUT2D eigenvalue weighted by molar-refractivity contribution is 6.34. The summed E-state index contributed by atoms with van der Waals surface area (Å²) in [5.41, 5.74) is 0.731. The van der Waals surface area contributed by atoms with Gasteiger partial charge in [0.2, 0.25) is 0 Å². The van der Waals surface area contributed by atoms with Crippen molar-refractivity contribution in [1.29, 1.82) is 0 Å². The van der Waals surface area contributed by atoms with E-state index in [2.05, 4.69) is 15.3 Å². The van der Waals surface area contributed by atoms with Crippen LogP contribution >= 0.6 is 0 Å². The maximum absolute atomic E-state index is 16.8. The fourth-order valence-corrected chi connectivity index (χ4v) is 7.15. The van der Waals surface area contributed by atoms with Gasteiger partial charge in [0, 0.05) is 34.9 Å². The first-order valence-electron chi connectivity index (χ1n) is 16.0. The molecule has 2 aliphatic heterocycles. The lowest BCUT2D eigenvalue weighted by molar-refractivity contribution is 0.0634. The van der Waals surface area contributed by atoms with Crippen molar-refractivity contribution in [1.82, 2.24) is 9.97 Å². The molecule has 11 nitrogen and oxygen atoms in total. The summed E-state index contributed by atoms with van der Waals surface area (Å²) in [4.78, 5) is 63.7. The van der Waals surface area contributed by atoms with Crippen LogP contribution in [-0.2, 0) is 11.2 Å². The SMILES string of the molecule is Cc1c(-c2cc3cc(N4C(=O)c5ccccc5C4=O)ncc3c(NC(=O)OC(C)(C)C)c2F)cnc2c1N(C(=O)O)C(C(C)(C)C)C(C)C2. The molecule has 0 saturated carbocycles. The largest absolute Gasteiger partial charge is 0.465 e. The number of pyridine rings is 2. The molecule has 2 atom stereocenters. The standard InChI is InChI=1S/C37H38FN5O6/c1-18-13-26-30(43(35(47)48)31(18)36(3,4)5)19(2)24(16-39-26)23-14-20-15-27(42-32(44)21-11-9-10-12-22(21)33(42)45)40-17-25(20)29(28(23)38)41-34(46)49-37(6,7)8/h9-12,14-18,31H,13H2,1-8H3,(H,41,46)(H,47,48). The third-order valence-corrected chi connectivity index (χ3v) is 8.93. The number of anilines is 3. The smallest absolute Gasteiger partial charge is 0.412 e. The van der Waals surface area contributed by atoms with Crippen LogP contribution in [0.2, 0.25) is 0 Å². The Labute approximate surface area is 283 Å². The van der Waals surface area contributed by atoms with Crippen LogP contribution in [0.3, 0.4) is 0 Å². The molecular formula is C37H38FN5O6. The number of nitrogens with zero attached hydrogens (tertiary/aromatic N) is 4. The van der Waals surface area contributed by atoms with Gasteiger partial charge in [-0.2, -0.15) is 0 Å². The van der Waals surface area contributed by atoms with Crippen molar-refractivity contribution in [2.24, 2.45) is 11.3 Å². The van der Waals surface area contributed by atoms with E-state index in [0.29, 0.717) is 34.3 Å². The quantitative estimate of drug-likeness (QED) is 0.210. The lowest BCUT2D eigenvalue weighted by atomic mass is 9.74. The number of imide groups is 1. The van der Waals surface area contributed by atoms with Crippen LogP contribution in [0.25, 0.3) is 21.9 Å². The highest BCUT2D eigenvalue weighted by atomic mass is 19.1. The van der Waals surface area contributed by atoms with Crippen LogP contribution < -0.4 is 15.1 Å². The molecule has 4 amide bonds. The summed E-state index contributed by atoms with van der Waals surface area (Å²) in [6, 6.07) is 9.05. The monoisotopic (exact) mass is 667 g/mol. The lowest BCUT2D eigenvalue weighted by Crippen LogP contribution is -2.54. The summed E-state index contributed by atoms with van der Waals surface area (Å²) in [6.07, 6.45) is 1.27. The number of aromatic nitrogens is 2. The maximum atomic E-state index is 16.8. The van der Waals surface area contributed by atoms with Crippen LogP contribution in [0.5, 0.6) is 0 Å². The molecule has 2 N–H and O–H groups in total. The Kier molecular flexibility index (Phi) is 7.96. The first kappa shape index (κ1) is 33.5. The summed E-state index contributed by atoms with van der Waals surface area (Å²) >= 11 is 0. The highest BCUT2D eigenvalue weighted by Gasteiger charge is 2.44. The predicted octanol–water partition coefficient (Wildman–Crippen LogP) is 7.98. The van der Waals surface area contributed by atoms with E-state index in [1.807, 2.05) is 27.7 Å². The van der Waals surface area contributed by atoms with Gasteiger partial charge in [0.05, 0.1) is 28.2 Å². The van der Waals surface area contributed by atoms with Gasteiger partial charge in [-0.25, -0.2) is 23.9 Å². The number of ether oxygens (including phenoxy) is 1. The third kappa shape index (κ3) is 5.74. The molecule has 49 heavy (non-hydrogen) atoms. The van der Waals surface area contributed by atoms with E-state index in [9.17, 15) is 24.3 Å². The average molecular weight is 668 g/mol. The summed E-state index contributed by atoms with van der Waals surface area (Å²) in [5.74, 6) is -1.94. The van der Waals surface area contributed by atoms with E-state index in [1.54, 1.807) is 52.0 Å². The Morgan fingerprint density at radius 3 is 2.16 bits per heavy atom. The molecule has 0 bridgehead atoms. The normalized spacial score (nSPS) is 17.7. The number of carboxylic acid groups (broad SMARTS) is 1. The molecule has 4 heterocycles. The second-order valence-electron chi connectivity index (χ2n) is 14.7. The minimum atomic E-state index is -1.14. The summed E-state index contributed by atoms with van der Waals surface area (Å²) in [6.45, 7) is 14.7. The van der Waals surface area contributed by atoms with Gasteiger partial charge in [-0.3, -0.25) is 24.8 Å². The molecule has 0 saturated heterocycles. The molecule has 4 aromatic rings. The van der Waals surface area contributed by atoms with Crippen molar-refractivity contribution in [3.8, 4) is 11.1 Å². The van der Waals surface area contributed by atoms with E-state index >= 15 is 4.39 Å². The van der Waals surface area contributed by atoms with Crippen LogP contribution in [0.15, 0.2) is 48.8 Å². The molecule has 2 unspecified atom stereocenters. The first-order valence-corrected chi connectivity index (χ1v) is 16.0. The molecule has 0 aliphatic carbocycles. The Morgan fingerprint density at radius 1 is 0.959 bits per heavy atom. The van der Waals surface area contributed by atoms with Gasteiger partial charge >= 0.3 is 12.2 Å². The molecule has 2 aliphatic rings. The summed E-state index contributed by atoms with van der Waals surface area (Å²) in [7, 11) is 0. The molecule has 0 radical (unpaired) electrons. The second kappa shape index (κ2) is 11.6. The zero-order valence-corrected chi connectivity index (χ0v) is 28.6. The van der Waals surface area contributed by atoms with Crippen LogP contribution in [-0.4, -0.2) is 50.7 Å². The number of amides is 4. The van der Waals surface area contributed by atoms with Crippen LogP contribution in [0.1, 0.15) is 80.4 Å². The third-order valence-electron chi connectivity index (χ3n) is 8.93. The maximum Gasteiger partial charge on any atom is 0.412 e. The van der Waals surface area contributed by atoms with Gasteiger partial charge in [0.25, 0.3) is 11.8 Å². The fourth-order valence-electron chi connectivity index (χ4n) is 7.15. The first-order chi connectivity index (χ1) is 22.9. The predicted molar refractivity (Wildman–Crippen MR) is 184 cm³/mol. The van der Waals surface area contributed by atoms with E-state index in [4.69, 9.17) is 4.74 Å². The van der Waals surface area contributed by atoms with Gasteiger partial charge < -0.3 is 9.84 Å². The number of hydrogen-bond donors (Lipinski definition) is 2. The van der Waals surface area contributed by atoms with Crippen molar-refractivity contribution in [2.75, 3.05) is 15.1 Å². The highest BCUT2D eigenvalue weighted by Crippen LogP contribution is 2.46. The number of carbonyl (C=O) groups is 4. The Hall–Kier alpha value is -5.39. The Morgan fingerprint density at radius 2 is 1.59 bits per heavy atom. The molecule has 2 aromatic heterocycles. The van der Waals surface area contributed by atoms with Gasteiger partial charge in [-0.05, 0) is 80.7 Å². The number of carbonyl (C=O) groups excluding carboxylic acids is 3. The van der Waals surface area contributed by atoms with Crippen molar-refractivity contribution >= 4 is 52.0 Å². The van der Waals surface area contributed by atoms with Crippen molar-refractivity contribution < 1.29 is 33.4 Å². The molecule has 2 aromatic carbocycles. The number of benzene rings is 2. The Balaban J connectivity index is 1.56. The summed E-state index contributed by atoms with van der Waals surface area (Å²) < 4.78 is 22.2. The van der Waals surface area contributed by atoms with E-state index in [1.165, 1.54) is 29.4 Å². The van der Waals surface area contributed by atoms with Crippen molar-refractivity contribution in [2.45, 2.75) is 73.5 Å². The number of halogens is 1. The van der Waals surface area contributed by atoms with E-state index in [0.717, 1.165) is 4.90 Å². The second-order valence-corrected chi connectivity index (χ2v) is 14.7. The van der Waals surface area contributed by atoms with Crippen LogP contribution in [0, 0.1) is 24.1 Å². The molecule has 0 spiro atoms. The topological polar surface area (TPSA) is 142 Å². The fraction of sp³-hybridized carbons (Fsp3) is 0.351. The van der Waals surface area contributed by atoms with Crippen molar-refractivity contribution in [3.05, 3.63) is 77.0 Å².